The maximum Gasteiger partial charge on any atom is 0.256 e. The number of nitrogens with zero attached hydrogens (tertiary/aromatic N) is 2. The van der Waals surface area contributed by atoms with E-state index in [1.54, 1.807) is 29.2 Å². The van der Waals surface area contributed by atoms with Gasteiger partial charge >= 0.3 is 0 Å². The molecule has 1 aliphatic heterocycles. The minimum Gasteiger partial charge on any atom is -0.457 e. The highest BCUT2D eigenvalue weighted by molar-refractivity contribution is 5.82. The first-order valence-electron chi connectivity index (χ1n) is 13.0. The van der Waals surface area contributed by atoms with Crippen molar-refractivity contribution in [1.29, 1.82) is 0 Å². The Bertz CT molecular complexity index is 1510. The molecule has 1 aromatic heterocycles. The first kappa shape index (κ1) is 24.1. The van der Waals surface area contributed by atoms with E-state index in [1.807, 2.05) is 48.5 Å². The number of aliphatic hydroxyl groups is 1. The summed E-state index contributed by atoms with van der Waals surface area (Å²) >= 11 is 0. The molecule has 0 spiro atoms. The van der Waals surface area contributed by atoms with Gasteiger partial charge in [-0.2, -0.15) is 0 Å². The molecule has 2 heterocycles. The van der Waals surface area contributed by atoms with Crippen LogP contribution < -0.4 is 10.3 Å². The van der Waals surface area contributed by atoms with Gasteiger partial charge in [-0.25, -0.2) is 4.98 Å². The lowest BCUT2D eigenvalue weighted by molar-refractivity contribution is -0.141. The summed E-state index contributed by atoms with van der Waals surface area (Å²) in [5, 5.41) is 11.0. The Morgan fingerprint density at radius 2 is 1.68 bits per heavy atom. The summed E-state index contributed by atoms with van der Waals surface area (Å²) in [7, 11) is 0. The van der Waals surface area contributed by atoms with Crippen molar-refractivity contribution in [2.75, 3.05) is 6.54 Å². The minimum atomic E-state index is -1.37. The van der Waals surface area contributed by atoms with Gasteiger partial charge in [-0.05, 0) is 61.1 Å². The number of H-pyrrole nitrogens is 1. The molecule has 4 aromatic rings. The molecule has 38 heavy (non-hydrogen) atoms. The zero-order valence-corrected chi connectivity index (χ0v) is 21.0. The van der Waals surface area contributed by atoms with Crippen molar-refractivity contribution in [2.45, 2.75) is 43.7 Å². The van der Waals surface area contributed by atoms with Crippen molar-refractivity contribution in [2.24, 2.45) is 0 Å². The standard InChI is InChI=1S/C31H29N3O4/c35-27(21-9-7-14-24(19-21)38-23-12-5-2-6-13-23)29(37)34-18-8-15-26-25(20-34)28(36)33-30(32-26)31(16-17-31)22-10-3-1-4-11-22/h1-7,9-14,19,27,35H,8,15-18,20H2,(H,32,33,36). The lowest BCUT2D eigenvalue weighted by atomic mass is 9.94. The van der Waals surface area contributed by atoms with Gasteiger partial charge < -0.3 is 19.7 Å². The third-order valence-corrected chi connectivity index (χ3v) is 7.52. The van der Waals surface area contributed by atoms with Crippen molar-refractivity contribution in [1.82, 2.24) is 14.9 Å². The topological polar surface area (TPSA) is 95.5 Å². The van der Waals surface area contributed by atoms with Crippen molar-refractivity contribution in [3.63, 3.8) is 0 Å². The van der Waals surface area contributed by atoms with Crippen molar-refractivity contribution >= 4 is 5.91 Å². The van der Waals surface area contributed by atoms with E-state index in [2.05, 4.69) is 17.1 Å². The highest BCUT2D eigenvalue weighted by atomic mass is 16.5. The summed E-state index contributed by atoms with van der Waals surface area (Å²) in [5.41, 5.74) is 2.40. The summed E-state index contributed by atoms with van der Waals surface area (Å²) in [6.45, 7) is 0.553. The first-order chi connectivity index (χ1) is 18.5. The zero-order chi connectivity index (χ0) is 26.1. The van der Waals surface area contributed by atoms with E-state index in [1.165, 1.54) is 0 Å². The van der Waals surface area contributed by atoms with Crippen LogP contribution in [0.15, 0.2) is 89.7 Å². The highest BCUT2D eigenvalue weighted by Crippen LogP contribution is 2.51. The molecule has 7 heteroatoms. The van der Waals surface area contributed by atoms with E-state index in [-0.39, 0.29) is 17.5 Å². The molecule has 0 radical (unpaired) electrons. The van der Waals surface area contributed by atoms with Crippen LogP contribution >= 0.6 is 0 Å². The minimum absolute atomic E-state index is 0.117. The Morgan fingerprint density at radius 3 is 2.42 bits per heavy atom. The quantitative estimate of drug-likeness (QED) is 0.396. The van der Waals surface area contributed by atoms with Gasteiger partial charge in [-0.3, -0.25) is 9.59 Å². The average Bonchev–Trinajstić information content (AvgIpc) is 3.78. The van der Waals surface area contributed by atoms with E-state index >= 15 is 0 Å². The van der Waals surface area contributed by atoms with Gasteiger partial charge in [0.1, 0.15) is 17.3 Å². The molecule has 192 valence electrons. The fourth-order valence-corrected chi connectivity index (χ4v) is 5.27. The smallest absolute Gasteiger partial charge is 0.256 e. The molecule has 6 rings (SSSR count). The Labute approximate surface area is 220 Å². The van der Waals surface area contributed by atoms with Crippen LogP contribution in [0.1, 0.15) is 53.6 Å². The third-order valence-electron chi connectivity index (χ3n) is 7.52. The summed E-state index contributed by atoms with van der Waals surface area (Å²) in [4.78, 5) is 36.1. The van der Waals surface area contributed by atoms with Gasteiger partial charge in [0.2, 0.25) is 0 Å². The number of hydrogen-bond acceptors (Lipinski definition) is 5. The second-order valence-electron chi connectivity index (χ2n) is 10.0. The van der Waals surface area contributed by atoms with Crippen LogP contribution in [0.2, 0.25) is 0 Å². The number of hydrogen-bond donors (Lipinski definition) is 2. The van der Waals surface area contributed by atoms with Gasteiger partial charge in [0.15, 0.2) is 6.10 Å². The lowest BCUT2D eigenvalue weighted by Gasteiger charge is -2.24. The van der Waals surface area contributed by atoms with Gasteiger partial charge in [0.05, 0.1) is 23.2 Å². The molecule has 1 aliphatic carbocycles. The Hall–Kier alpha value is -4.23. The second-order valence-corrected chi connectivity index (χ2v) is 10.0. The van der Waals surface area contributed by atoms with Crippen LogP contribution in [-0.2, 0) is 23.2 Å². The van der Waals surface area contributed by atoms with Gasteiger partial charge in [0, 0.05) is 6.54 Å². The number of benzene rings is 3. The van der Waals surface area contributed by atoms with Crippen LogP contribution in [0.25, 0.3) is 0 Å². The molecule has 1 amide bonds. The molecule has 1 fully saturated rings. The number of para-hydroxylation sites is 1. The van der Waals surface area contributed by atoms with Gasteiger partial charge in [-0.15, -0.1) is 0 Å². The maximum absolute atomic E-state index is 13.4. The number of carbonyl (C=O) groups excluding carboxylic acids is 1. The molecular weight excluding hydrogens is 478 g/mol. The molecular formula is C31H29N3O4. The predicted molar refractivity (Wildman–Crippen MR) is 143 cm³/mol. The fourth-order valence-electron chi connectivity index (χ4n) is 5.27. The van der Waals surface area contributed by atoms with Gasteiger partial charge in [-0.1, -0.05) is 60.7 Å². The molecule has 2 aliphatic rings. The Morgan fingerprint density at radius 1 is 0.974 bits per heavy atom. The number of aliphatic hydroxyl groups excluding tert-OH is 1. The molecule has 3 aromatic carbocycles. The average molecular weight is 508 g/mol. The molecule has 2 N–H and O–H groups in total. The van der Waals surface area contributed by atoms with Crippen molar-refractivity contribution in [3.8, 4) is 11.5 Å². The predicted octanol–water partition coefficient (Wildman–Crippen LogP) is 4.65. The summed E-state index contributed by atoms with van der Waals surface area (Å²) in [6, 6.07) is 26.4. The number of aryl methyl sites for hydroxylation is 1. The van der Waals surface area contributed by atoms with Crippen molar-refractivity contribution < 1.29 is 14.6 Å². The monoisotopic (exact) mass is 507 g/mol. The SMILES string of the molecule is O=C(C(O)c1cccc(Oc2ccccc2)c1)N1CCCc2nc(C3(c4ccccc4)CC3)[nH]c(=O)c2C1. The lowest BCUT2D eigenvalue weighted by Crippen LogP contribution is -2.36. The molecule has 0 saturated heterocycles. The van der Waals surface area contributed by atoms with E-state index in [4.69, 9.17) is 9.72 Å². The number of carbonyl (C=O) groups is 1. The summed E-state index contributed by atoms with van der Waals surface area (Å²) in [6.07, 6.45) is 1.80. The van der Waals surface area contributed by atoms with E-state index < -0.39 is 12.0 Å². The van der Waals surface area contributed by atoms with Crippen LogP contribution in [0, 0.1) is 0 Å². The number of fused-ring (bicyclic) bond motifs is 1. The molecule has 1 unspecified atom stereocenters. The van der Waals surface area contributed by atoms with Crippen LogP contribution in [0.4, 0.5) is 0 Å². The third kappa shape index (κ3) is 4.61. The number of aromatic amines is 1. The summed E-state index contributed by atoms with van der Waals surface area (Å²) < 4.78 is 5.86. The Kier molecular flexibility index (Phi) is 6.29. The Balaban J connectivity index is 1.22. The van der Waals surface area contributed by atoms with E-state index in [0.717, 1.165) is 24.1 Å². The first-order valence-corrected chi connectivity index (χ1v) is 13.0. The van der Waals surface area contributed by atoms with Crippen LogP contribution in [0.3, 0.4) is 0 Å². The number of rotatable bonds is 6. The van der Waals surface area contributed by atoms with E-state index in [9.17, 15) is 14.7 Å². The number of amides is 1. The number of nitrogens with one attached hydrogen (secondary N) is 1. The van der Waals surface area contributed by atoms with Crippen LogP contribution in [0.5, 0.6) is 11.5 Å². The molecule has 1 atom stereocenters. The highest BCUT2D eigenvalue weighted by Gasteiger charge is 2.48. The van der Waals surface area contributed by atoms with Crippen LogP contribution in [-0.4, -0.2) is 32.4 Å². The molecule has 1 saturated carbocycles. The zero-order valence-electron chi connectivity index (χ0n) is 21.0. The summed E-state index contributed by atoms with van der Waals surface area (Å²) in [5.74, 6) is 1.46. The molecule has 0 bridgehead atoms. The maximum atomic E-state index is 13.4. The van der Waals surface area contributed by atoms with Gasteiger partial charge in [0.25, 0.3) is 11.5 Å². The van der Waals surface area contributed by atoms with Crippen molar-refractivity contribution in [3.05, 3.63) is 123 Å². The fraction of sp³-hybridized carbons (Fsp3) is 0.258. The normalized spacial score (nSPS) is 16.7. The largest absolute Gasteiger partial charge is 0.457 e. The number of aromatic nitrogens is 2. The van der Waals surface area contributed by atoms with E-state index in [0.29, 0.717) is 47.8 Å². The molecule has 7 nitrogen and oxygen atoms in total. The second kappa shape index (κ2) is 9.91. The number of ether oxygens (including phenoxy) is 1.